The topological polar surface area (TPSA) is 103 Å². The summed E-state index contributed by atoms with van der Waals surface area (Å²) >= 11 is 0. The van der Waals surface area contributed by atoms with Crippen LogP contribution in [0.3, 0.4) is 0 Å². The third-order valence-corrected chi connectivity index (χ3v) is 6.80. The van der Waals surface area contributed by atoms with Gasteiger partial charge in [0.15, 0.2) is 0 Å². The van der Waals surface area contributed by atoms with E-state index in [-0.39, 0.29) is 35.8 Å². The van der Waals surface area contributed by atoms with E-state index in [1.54, 1.807) is 6.07 Å². The summed E-state index contributed by atoms with van der Waals surface area (Å²) in [4.78, 5) is 40.1. The molecule has 8 nitrogen and oxygen atoms in total. The Hall–Kier alpha value is -3.13. The van der Waals surface area contributed by atoms with Crippen LogP contribution in [-0.4, -0.2) is 53.8 Å². The number of fused-ring (bicyclic) bond motifs is 1. The maximum atomic E-state index is 13.6. The number of rotatable bonds is 9. The summed E-state index contributed by atoms with van der Waals surface area (Å²) in [7, 11) is 1.86. The molecule has 3 amide bonds. The first-order valence-corrected chi connectivity index (χ1v) is 12.1. The SMILES string of the molecule is C=CC(=O)Nc1cccc(CNC(=O)[C@@H]2CC[C@@H]3CCCC[C@H](NC(=C)[C@H](C)NC)C(=O)N32)c1. The van der Waals surface area contributed by atoms with Gasteiger partial charge in [0.05, 0.1) is 0 Å². The van der Waals surface area contributed by atoms with Gasteiger partial charge in [0, 0.05) is 30.0 Å². The zero-order valence-electron chi connectivity index (χ0n) is 20.2. The van der Waals surface area contributed by atoms with Crippen molar-refractivity contribution >= 4 is 23.4 Å². The zero-order valence-corrected chi connectivity index (χ0v) is 20.2. The van der Waals surface area contributed by atoms with E-state index in [4.69, 9.17) is 0 Å². The van der Waals surface area contributed by atoms with E-state index in [0.29, 0.717) is 18.7 Å². The number of carbonyl (C=O) groups is 3. The lowest BCUT2D eigenvalue weighted by molar-refractivity contribution is -0.142. The number of amides is 3. The molecule has 4 N–H and O–H groups in total. The smallest absolute Gasteiger partial charge is 0.247 e. The minimum absolute atomic E-state index is 0.0130. The van der Waals surface area contributed by atoms with Gasteiger partial charge in [-0.1, -0.05) is 38.1 Å². The minimum Gasteiger partial charge on any atom is -0.376 e. The van der Waals surface area contributed by atoms with Gasteiger partial charge < -0.3 is 26.2 Å². The summed E-state index contributed by atoms with van der Waals surface area (Å²) in [6.07, 6.45) is 6.40. The Kier molecular flexibility index (Phi) is 8.87. The van der Waals surface area contributed by atoms with Gasteiger partial charge in [0.25, 0.3) is 0 Å². The number of likely N-dealkylation sites (N-methyl/N-ethyl adjacent to an activating group) is 1. The molecule has 1 aromatic rings. The first-order valence-electron chi connectivity index (χ1n) is 12.1. The highest BCUT2D eigenvalue weighted by molar-refractivity contribution is 5.98. The summed E-state index contributed by atoms with van der Waals surface area (Å²) in [5.74, 6) is -0.442. The van der Waals surface area contributed by atoms with Gasteiger partial charge in [-0.05, 0) is 63.4 Å². The van der Waals surface area contributed by atoms with Gasteiger partial charge in [-0.2, -0.15) is 0 Å². The number of carbonyl (C=O) groups excluding carboxylic acids is 3. The summed E-state index contributed by atoms with van der Waals surface area (Å²) in [5, 5.41) is 12.2. The highest BCUT2D eigenvalue weighted by Crippen LogP contribution is 2.31. The molecule has 184 valence electrons. The van der Waals surface area contributed by atoms with Crippen molar-refractivity contribution in [2.75, 3.05) is 12.4 Å². The van der Waals surface area contributed by atoms with Crippen molar-refractivity contribution in [2.45, 2.75) is 76.2 Å². The zero-order chi connectivity index (χ0) is 24.7. The molecular formula is C26H37N5O3. The van der Waals surface area contributed by atoms with Gasteiger partial charge >= 0.3 is 0 Å². The van der Waals surface area contributed by atoms with Crippen LogP contribution >= 0.6 is 0 Å². The fraction of sp³-hybridized carbons (Fsp3) is 0.500. The molecule has 2 aliphatic rings. The van der Waals surface area contributed by atoms with Gasteiger partial charge in [-0.3, -0.25) is 14.4 Å². The summed E-state index contributed by atoms with van der Waals surface area (Å²) in [5.41, 5.74) is 2.28. The quantitative estimate of drug-likeness (QED) is 0.418. The lowest BCUT2D eigenvalue weighted by atomic mass is 9.98. The first kappa shape index (κ1) is 25.5. The monoisotopic (exact) mass is 467 g/mol. The van der Waals surface area contributed by atoms with Crippen molar-refractivity contribution in [1.82, 2.24) is 20.9 Å². The second-order valence-electron chi connectivity index (χ2n) is 9.12. The molecule has 0 aliphatic carbocycles. The molecule has 1 aromatic carbocycles. The number of anilines is 1. The second kappa shape index (κ2) is 11.8. The Bertz CT molecular complexity index is 931. The fourth-order valence-electron chi connectivity index (χ4n) is 4.71. The Morgan fingerprint density at radius 3 is 2.71 bits per heavy atom. The van der Waals surface area contributed by atoms with Crippen molar-refractivity contribution in [1.29, 1.82) is 0 Å². The third-order valence-electron chi connectivity index (χ3n) is 6.80. The van der Waals surface area contributed by atoms with E-state index in [2.05, 4.69) is 34.4 Å². The van der Waals surface area contributed by atoms with E-state index >= 15 is 0 Å². The number of hydrogen-bond donors (Lipinski definition) is 4. The molecular weight excluding hydrogens is 430 g/mol. The fourth-order valence-corrected chi connectivity index (χ4v) is 4.71. The van der Waals surface area contributed by atoms with E-state index < -0.39 is 6.04 Å². The minimum atomic E-state index is -0.474. The van der Waals surface area contributed by atoms with E-state index in [1.807, 2.05) is 37.1 Å². The molecule has 34 heavy (non-hydrogen) atoms. The Balaban J connectivity index is 1.67. The number of nitrogens with one attached hydrogen (secondary N) is 4. The maximum Gasteiger partial charge on any atom is 0.247 e. The van der Waals surface area contributed by atoms with Gasteiger partial charge in [0.1, 0.15) is 12.1 Å². The summed E-state index contributed by atoms with van der Waals surface area (Å²) in [6, 6.07) is 6.60. The number of benzene rings is 1. The molecule has 0 aromatic heterocycles. The molecule has 0 saturated carbocycles. The molecule has 0 bridgehead atoms. The van der Waals surface area contributed by atoms with E-state index in [1.165, 1.54) is 6.08 Å². The molecule has 2 aliphatic heterocycles. The van der Waals surface area contributed by atoms with Crippen LogP contribution in [0.15, 0.2) is 49.2 Å². The Morgan fingerprint density at radius 2 is 1.97 bits per heavy atom. The largest absolute Gasteiger partial charge is 0.376 e. The van der Waals surface area contributed by atoms with Gasteiger partial charge in [-0.25, -0.2) is 0 Å². The molecule has 0 spiro atoms. The third kappa shape index (κ3) is 6.26. The van der Waals surface area contributed by atoms with Crippen LogP contribution in [0.5, 0.6) is 0 Å². The second-order valence-corrected chi connectivity index (χ2v) is 9.12. The average molecular weight is 468 g/mol. The normalized spacial score (nSPS) is 23.2. The van der Waals surface area contributed by atoms with Crippen LogP contribution in [0.4, 0.5) is 5.69 Å². The molecule has 2 saturated heterocycles. The van der Waals surface area contributed by atoms with Gasteiger partial charge in [0.2, 0.25) is 17.7 Å². The average Bonchev–Trinajstić information content (AvgIpc) is 3.25. The molecule has 0 radical (unpaired) electrons. The van der Waals surface area contributed by atoms with Crippen molar-refractivity contribution < 1.29 is 14.4 Å². The molecule has 2 heterocycles. The molecule has 4 atom stereocenters. The lowest BCUT2D eigenvalue weighted by Gasteiger charge is -2.36. The van der Waals surface area contributed by atoms with Crippen LogP contribution in [0.25, 0.3) is 0 Å². The van der Waals surface area contributed by atoms with E-state index in [9.17, 15) is 14.4 Å². The molecule has 2 fully saturated rings. The number of nitrogens with zero attached hydrogens (tertiary/aromatic N) is 1. The predicted molar refractivity (Wildman–Crippen MR) is 134 cm³/mol. The van der Waals surface area contributed by atoms with Crippen LogP contribution in [0.1, 0.15) is 51.0 Å². The van der Waals surface area contributed by atoms with Crippen molar-refractivity contribution in [3.05, 3.63) is 54.8 Å². The van der Waals surface area contributed by atoms with Crippen LogP contribution in [0, 0.1) is 0 Å². The Morgan fingerprint density at radius 1 is 1.21 bits per heavy atom. The maximum absolute atomic E-state index is 13.6. The first-order chi connectivity index (χ1) is 16.3. The van der Waals surface area contributed by atoms with Crippen LogP contribution in [-0.2, 0) is 20.9 Å². The molecule has 0 unspecified atom stereocenters. The highest BCUT2D eigenvalue weighted by atomic mass is 16.2. The van der Waals surface area contributed by atoms with Gasteiger partial charge in [-0.15, -0.1) is 0 Å². The van der Waals surface area contributed by atoms with Crippen molar-refractivity contribution in [3.8, 4) is 0 Å². The van der Waals surface area contributed by atoms with Crippen molar-refractivity contribution in [2.24, 2.45) is 0 Å². The van der Waals surface area contributed by atoms with Crippen LogP contribution in [0.2, 0.25) is 0 Å². The highest BCUT2D eigenvalue weighted by Gasteiger charge is 2.43. The predicted octanol–water partition coefficient (Wildman–Crippen LogP) is 2.44. The Labute approximate surface area is 202 Å². The van der Waals surface area contributed by atoms with E-state index in [0.717, 1.165) is 43.4 Å². The summed E-state index contributed by atoms with van der Waals surface area (Å²) in [6.45, 7) is 9.85. The number of hydrogen-bond acceptors (Lipinski definition) is 5. The van der Waals surface area contributed by atoms with Crippen LogP contribution < -0.4 is 21.3 Å². The standard InChI is InChI=1S/C26H37N5O3/c1-5-24(32)30-20-10-8-9-19(15-20)16-28-25(33)23-14-13-21-11-6-7-12-22(26(34)31(21)23)29-18(3)17(2)27-4/h5,8-10,15,17,21-23,27,29H,1,3,6-7,11-14,16H2,2,4H3,(H,28,33)(H,30,32)/t17-,21-,22-,23-/m0/s1. The lowest BCUT2D eigenvalue weighted by Crippen LogP contribution is -2.56. The summed E-state index contributed by atoms with van der Waals surface area (Å²) < 4.78 is 0. The van der Waals surface area contributed by atoms with Crippen molar-refractivity contribution in [3.63, 3.8) is 0 Å². The molecule has 3 rings (SSSR count). The molecule has 8 heteroatoms.